The molecule has 0 N–H and O–H groups in total. The van der Waals surface area contributed by atoms with Crippen LogP contribution >= 0.6 is 11.3 Å². The van der Waals surface area contributed by atoms with Crippen molar-refractivity contribution in [2.75, 3.05) is 0 Å². The second-order valence-electron chi connectivity index (χ2n) is 9.03. The lowest BCUT2D eigenvalue weighted by Crippen LogP contribution is -2.27. The number of thiophene rings is 1. The fourth-order valence-corrected chi connectivity index (χ4v) is 7.16. The van der Waals surface area contributed by atoms with E-state index in [-0.39, 0.29) is 0 Å². The molecule has 0 saturated heterocycles. The van der Waals surface area contributed by atoms with Gasteiger partial charge in [-0.05, 0) is 93.1 Å². The summed E-state index contributed by atoms with van der Waals surface area (Å²) in [5.41, 5.74) is 0. The molecule has 4 heteroatoms. The Morgan fingerprint density at radius 1 is 0.654 bits per heavy atom. The molecule has 0 radical (unpaired) electrons. The van der Waals surface area contributed by atoms with Crippen LogP contribution in [0.5, 0.6) is 0 Å². The molecule has 3 aliphatic rings. The molecule has 1 aromatic heterocycles. The summed E-state index contributed by atoms with van der Waals surface area (Å²) in [5.74, 6) is 4.10. The van der Waals surface area contributed by atoms with Crippen LogP contribution in [-0.4, -0.2) is 0 Å². The van der Waals surface area contributed by atoms with Gasteiger partial charge in [0.25, 0.3) is 0 Å². The average molecular weight is 385 g/mol. The number of hydrogen-bond donors (Lipinski definition) is 0. The van der Waals surface area contributed by atoms with E-state index >= 15 is 0 Å². The molecule has 0 nitrogen and oxygen atoms in total. The summed E-state index contributed by atoms with van der Waals surface area (Å²) in [7, 11) is 0. The van der Waals surface area contributed by atoms with Crippen molar-refractivity contribution in [3.63, 3.8) is 0 Å². The average Bonchev–Trinajstić information content (AvgIpc) is 3.34. The number of hydrogen-bond acceptors (Lipinski definition) is 1. The van der Waals surface area contributed by atoms with Crippen LogP contribution in [0, 0.1) is 23.7 Å². The van der Waals surface area contributed by atoms with E-state index < -0.39 is 11.1 Å². The van der Waals surface area contributed by atoms with Gasteiger partial charge in [0.15, 0.2) is 0 Å². The van der Waals surface area contributed by atoms with Crippen molar-refractivity contribution in [2.24, 2.45) is 23.7 Å². The molecule has 0 bridgehead atoms. The second kappa shape index (κ2) is 7.85. The van der Waals surface area contributed by atoms with Crippen LogP contribution in [0.4, 0.5) is 13.2 Å². The lowest BCUT2D eigenvalue weighted by atomic mass is 9.67. The maximum atomic E-state index is 12.8. The van der Waals surface area contributed by atoms with Gasteiger partial charge in [-0.2, -0.15) is 13.2 Å². The van der Waals surface area contributed by atoms with Gasteiger partial charge in [-0.25, -0.2) is 0 Å². The normalized spacial score (nSPS) is 34.3. The molecule has 0 unspecified atom stereocenters. The lowest BCUT2D eigenvalue weighted by molar-refractivity contribution is -0.134. The minimum Gasteiger partial charge on any atom is -0.165 e. The van der Waals surface area contributed by atoms with Gasteiger partial charge in [0.1, 0.15) is 4.88 Å². The number of rotatable bonds is 3. The fraction of sp³-hybridized carbons (Fsp3) is 0.818. The van der Waals surface area contributed by atoms with Crippen LogP contribution in [0.2, 0.25) is 0 Å². The topological polar surface area (TPSA) is 0 Å². The van der Waals surface area contributed by atoms with E-state index in [0.717, 1.165) is 52.7 Å². The first kappa shape index (κ1) is 18.8. The van der Waals surface area contributed by atoms with E-state index in [1.165, 1.54) is 70.3 Å². The molecule has 3 saturated carbocycles. The zero-order valence-corrected chi connectivity index (χ0v) is 16.4. The Bertz CT molecular complexity index is 568. The van der Waals surface area contributed by atoms with Gasteiger partial charge in [-0.15, -0.1) is 11.3 Å². The van der Waals surface area contributed by atoms with Crippen molar-refractivity contribution in [2.45, 2.75) is 89.1 Å². The van der Waals surface area contributed by atoms with E-state index in [0.29, 0.717) is 5.92 Å². The van der Waals surface area contributed by atoms with E-state index in [2.05, 4.69) is 0 Å². The van der Waals surface area contributed by atoms with Crippen molar-refractivity contribution < 1.29 is 13.2 Å². The predicted molar refractivity (Wildman–Crippen MR) is 101 cm³/mol. The third kappa shape index (κ3) is 4.15. The SMILES string of the molecule is FC(F)(F)c1ccc(C2CCC(C3CCC(C4CCCC4)CC3)CC2)s1. The van der Waals surface area contributed by atoms with Crippen LogP contribution in [0.3, 0.4) is 0 Å². The zero-order valence-electron chi connectivity index (χ0n) is 15.6. The summed E-state index contributed by atoms with van der Waals surface area (Å²) in [4.78, 5) is 0.528. The highest BCUT2D eigenvalue weighted by Gasteiger charge is 2.36. The Balaban J connectivity index is 1.26. The van der Waals surface area contributed by atoms with Crippen molar-refractivity contribution in [1.29, 1.82) is 0 Å². The summed E-state index contributed by atoms with van der Waals surface area (Å²) in [5, 5.41) is 0. The highest BCUT2D eigenvalue weighted by Crippen LogP contribution is 2.48. The van der Waals surface area contributed by atoms with Gasteiger partial charge in [-0.3, -0.25) is 0 Å². The molecule has 3 aliphatic carbocycles. The molecule has 26 heavy (non-hydrogen) atoms. The Morgan fingerprint density at radius 2 is 1.12 bits per heavy atom. The lowest BCUT2D eigenvalue weighted by Gasteiger charge is -2.39. The molecule has 1 heterocycles. The molecular weight excluding hydrogens is 353 g/mol. The standard InChI is InChI=1S/C22H31F3S/c23-22(24,25)21-14-13-20(26-21)19-11-9-18(10-12-19)17-7-5-16(6-8-17)15-3-1-2-4-15/h13-19H,1-12H2. The van der Waals surface area contributed by atoms with Crippen LogP contribution in [0.1, 0.15) is 92.7 Å². The van der Waals surface area contributed by atoms with Crippen molar-refractivity contribution in [3.8, 4) is 0 Å². The Kier molecular flexibility index (Phi) is 5.69. The summed E-state index contributed by atoms with van der Waals surface area (Å²) >= 11 is 0.973. The minimum absolute atomic E-state index is 0.363. The smallest absolute Gasteiger partial charge is 0.165 e. The first-order valence-corrected chi connectivity index (χ1v) is 11.5. The molecule has 0 aromatic carbocycles. The van der Waals surface area contributed by atoms with Gasteiger partial charge in [0.05, 0.1) is 0 Å². The zero-order chi connectivity index (χ0) is 18.1. The summed E-state index contributed by atoms with van der Waals surface area (Å²) in [6.07, 6.45) is 12.0. The Hall–Kier alpha value is -0.510. The van der Waals surface area contributed by atoms with E-state index in [1.54, 1.807) is 6.07 Å². The first-order valence-electron chi connectivity index (χ1n) is 10.7. The predicted octanol–water partition coefficient (Wildman–Crippen LogP) is 8.04. The van der Waals surface area contributed by atoms with E-state index in [4.69, 9.17) is 0 Å². The quantitative estimate of drug-likeness (QED) is 0.494. The maximum absolute atomic E-state index is 12.8. The fourth-order valence-electron chi connectivity index (χ4n) is 6.12. The van der Waals surface area contributed by atoms with Crippen LogP contribution in [0.25, 0.3) is 0 Å². The minimum atomic E-state index is -4.18. The highest BCUT2D eigenvalue weighted by atomic mass is 32.1. The summed E-state index contributed by atoms with van der Waals surface area (Å²) in [6, 6.07) is 3.00. The monoisotopic (exact) mass is 384 g/mol. The van der Waals surface area contributed by atoms with Crippen LogP contribution in [0.15, 0.2) is 12.1 Å². The van der Waals surface area contributed by atoms with Gasteiger partial charge >= 0.3 is 6.18 Å². The molecule has 1 aromatic rings. The van der Waals surface area contributed by atoms with Crippen LogP contribution < -0.4 is 0 Å². The van der Waals surface area contributed by atoms with E-state index in [9.17, 15) is 13.2 Å². The van der Waals surface area contributed by atoms with Crippen molar-refractivity contribution in [1.82, 2.24) is 0 Å². The largest absolute Gasteiger partial charge is 0.425 e. The molecule has 4 rings (SSSR count). The maximum Gasteiger partial charge on any atom is 0.425 e. The Labute approximate surface area is 159 Å². The third-order valence-electron chi connectivity index (χ3n) is 7.63. The number of alkyl halides is 3. The van der Waals surface area contributed by atoms with Gasteiger partial charge < -0.3 is 0 Å². The number of halogens is 3. The molecular formula is C22H31F3S. The molecule has 146 valence electrons. The summed E-state index contributed by atoms with van der Waals surface area (Å²) in [6.45, 7) is 0. The van der Waals surface area contributed by atoms with Crippen molar-refractivity contribution >= 4 is 11.3 Å². The second-order valence-corrected chi connectivity index (χ2v) is 10.1. The molecule has 0 spiro atoms. The van der Waals surface area contributed by atoms with Gasteiger partial charge in [-0.1, -0.05) is 25.7 Å². The first-order chi connectivity index (χ1) is 12.5. The van der Waals surface area contributed by atoms with E-state index in [1.807, 2.05) is 0 Å². The Morgan fingerprint density at radius 3 is 1.58 bits per heavy atom. The van der Waals surface area contributed by atoms with Gasteiger partial charge in [0.2, 0.25) is 0 Å². The highest BCUT2D eigenvalue weighted by molar-refractivity contribution is 7.12. The molecule has 0 atom stereocenters. The molecule has 0 aliphatic heterocycles. The molecule has 3 fully saturated rings. The third-order valence-corrected chi connectivity index (χ3v) is 8.92. The van der Waals surface area contributed by atoms with Crippen LogP contribution in [-0.2, 0) is 6.18 Å². The summed E-state index contributed by atoms with van der Waals surface area (Å²) < 4.78 is 38.5. The van der Waals surface area contributed by atoms with Gasteiger partial charge in [0, 0.05) is 4.88 Å². The molecule has 0 amide bonds. The van der Waals surface area contributed by atoms with Crippen molar-refractivity contribution in [3.05, 3.63) is 21.9 Å².